The molecule has 1 unspecified atom stereocenters. The number of thiophene rings is 1. The van der Waals surface area contributed by atoms with E-state index in [4.69, 9.17) is 0 Å². The molecule has 3 N–H and O–H groups in total. The van der Waals surface area contributed by atoms with Gasteiger partial charge in [0.2, 0.25) is 5.91 Å². The second-order valence-corrected chi connectivity index (χ2v) is 7.52. The summed E-state index contributed by atoms with van der Waals surface area (Å²) < 4.78 is 0. The standard InChI is InChI=1S/C19H22BNO4S/c22-18(14-5-2-1-3-6-14)15-7-4-8-16(15)19(23)21-17(20(24)25)11-13-9-10-26-12-13/h1-3,5-6,9-10,12,15-17,24-25H,4,7-8,11H2,(H,21,23)/t15?,16-,17-/m0/s1. The third-order valence-electron chi connectivity index (χ3n) is 4.97. The van der Waals surface area contributed by atoms with Crippen molar-refractivity contribution in [1.82, 2.24) is 5.32 Å². The van der Waals surface area contributed by atoms with Gasteiger partial charge in [0.1, 0.15) is 0 Å². The van der Waals surface area contributed by atoms with Crippen LogP contribution in [0.2, 0.25) is 0 Å². The first-order valence-electron chi connectivity index (χ1n) is 8.83. The first-order valence-corrected chi connectivity index (χ1v) is 9.77. The van der Waals surface area contributed by atoms with E-state index in [1.807, 2.05) is 35.0 Å². The van der Waals surface area contributed by atoms with E-state index < -0.39 is 19.0 Å². The molecule has 0 aliphatic heterocycles. The van der Waals surface area contributed by atoms with E-state index in [2.05, 4.69) is 5.32 Å². The van der Waals surface area contributed by atoms with Crippen LogP contribution in [0.4, 0.5) is 0 Å². The largest absolute Gasteiger partial charge is 0.475 e. The number of carbonyl (C=O) groups is 2. The van der Waals surface area contributed by atoms with E-state index in [1.54, 1.807) is 12.1 Å². The van der Waals surface area contributed by atoms with E-state index in [-0.39, 0.29) is 17.6 Å². The molecule has 1 aliphatic carbocycles. The molecule has 1 saturated carbocycles. The van der Waals surface area contributed by atoms with Crippen LogP contribution < -0.4 is 5.32 Å². The molecule has 0 spiro atoms. The van der Waals surface area contributed by atoms with Crippen LogP contribution in [0.5, 0.6) is 0 Å². The Morgan fingerprint density at radius 3 is 2.54 bits per heavy atom. The van der Waals surface area contributed by atoms with Gasteiger partial charge in [-0.2, -0.15) is 11.3 Å². The molecule has 2 aromatic rings. The smallest absolute Gasteiger partial charge is 0.426 e. The van der Waals surface area contributed by atoms with Crippen molar-refractivity contribution in [3.05, 3.63) is 58.3 Å². The molecule has 136 valence electrons. The number of rotatable bonds is 7. The molecular formula is C19H22BNO4S. The Bertz CT molecular complexity index is 735. The van der Waals surface area contributed by atoms with Gasteiger partial charge >= 0.3 is 7.12 Å². The summed E-state index contributed by atoms with van der Waals surface area (Å²) in [7, 11) is -1.65. The van der Waals surface area contributed by atoms with Crippen LogP contribution in [-0.4, -0.2) is 34.8 Å². The van der Waals surface area contributed by atoms with Crippen molar-refractivity contribution < 1.29 is 19.6 Å². The van der Waals surface area contributed by atoms with Crippen molar-refractivity contribution in [2.24, 2.45) is 11.8 Å². The molecule has 7 heteroatoms. The van der Waals surface area contributed by atoms with Crippen molar-refractivity contribution in [1.29, 1.82) is 0 Å². The Labute approximate surface area is 157 Å². The lowest BCUT2D eigenvalue weighted by Gasteiger charge is -2.23. The summed E-state index contributed by atoms with van der Waals surface area (Å²) in [5.74, 6) is -1.85. The Morgan fingerprint density at radius 1 is 1.15 bits per heavy atom. The van der Waals surface area contributed by atoms with Crippen LogP contribution in [-0.2, 0) is 11.2 Å². The van der Waals surface area contributed by atoms with Gasteiger partial charge in [-0.25, -0.2) is 0 Å². The van der Waals surface area contributed by atoms with Gasteiger partial charge in [0.15, 0.2) is 5.78 Å². The topological polar surface area (TPSA) is 86.6 Å². The van der Waals surface area contributed by atoms with Gasteiger partial charge in [0, 0.05) is 17.4 Å². The predicted octanol–water partition coefficient (Wildman–Crippen LogP) is 2.09. The number of amides is 1. The van der Waals surface area contributed by atoms with Crippen LogP contribution in [0.25, 0.3) is 0 Å². The summed E-state index contributed by atoms with van der Waals surface area (Å²) >= 11 is 1.52. The number of ketones is 1. The van der Waals surface area contributed by atoms with Gasteiger partial charge in [0.05, 0.1) is 5.94 Å². The highest BCUT2D eigenvalue weighted by molar-refractivity contribution is 7.07. The minimum absolute atomic E-state index is 0.0119. The zero-order valence-corrected chi connectivity index (χ0v) is 15.2. The van der Waals surface area contributed by atoms with Gasteiger partial charge in [0.25, 0.3) is 0 Å². The maximum Gasteiger partial charge on any atom is 0.475 e. The minimum Gasteiger partial charge on any atom is -0.426 e. The summed E-state index contributed by atoms with van der Waals surface area (Å²) in [5, 5.41) is 25.8. The lowest BCUT2D eigenvalue weighted by Crippen LogP contribution is -2.50. The fraction of sp³-hybridized carbons (Fsp3) is 0.368. The maximum absolute atomic E-state index is 12.8. The summed E-state index contributed by atoms with van der Waals surface area (Å²) in [6.45, 7) is 0. The molecular weight excluding hydrogens is 349 g/mol. The van der Waals surface area contributed by atoms with Crippen LogP contribution >= 0.6 is 11.3 Å². The van der Waals surface area contributed by atoms with E-state index in [0.717, 1.165) is 12.0 Å². The van der Waals surface area contributed by atoms with E-state index in [9.17, 15) is 19.6 Å². The molecule has 1 heterocycles. The lowest BCUT2D eigenvalue weighted by atomic mass is 9.75. The van der Waals surface area contributed by atoms with Gasteiger partial charge in [-0.15, -0.1) is 0 Å². The molecule has 1 aromatic heterocycles. The molecule has 1 amide bonds. The third-order valence-corrected chi connectivity index (χ3v) is 5.70. The number of hydrogen-bond acceptors (Lipinski definition) is 5. The lowest BCUT2D eigenvalue weighted by molar-refractivity contribution is -0.126. The van der Waals surface area contributed by atoms with Crippen LogP contribution in [0, 0.1) is 11.8 Å². The van der Waals surface area contributed by atoms with Crippen molar-refractivity contribution in [3.8, 4) is 0 Å². The predicted molar refractivity (Wildman–Crippen MR) is 102 cm³/mol. The monoisotopic (exact) mass is 371 g/mol. The van der Waals surface area contributed by atoms with Crippen molar-refractivity contribution in [2.75, 3.05) is 0 Å². The number of Topliss-reactive ketones (excluding diaryl/α,β-unsaturated/α-hetero) is 1. The Morgan fingerprint density at radius 2 is 1.88 bits per heavy atom. The molecule has 1 aliphatic rings. The fourth-order valence-corrected chi connectivity index (χ4v) is 4.27. The Hall–Kier alpha value is -1.96. The highest BCUT2D eigenvalue weighted by atomic mass is 32.1. The number of nitrogens with one attached hydrogen (secondary N) is 1. The van der Waals surface area contributed by atoms with Gasteiger partial charge in [-0.05, 0) is 41.7 Å². The molecule has 1 fully saturated rings. The number of hydrogen-bond donors (Lipinski definition) is 3. The Balaban J connectivity index is 1.68. The first-order chi connectivity index (χ1) is 12.6. The second kappa shape index (κ2) is 8.62. The van der Waals surface area contributed by atoms with Crippen LogP contribution in [0.1, 0.15) is 35.2 Å². The molecule has 0 bridgehead atoms. The van der Waals surface area contributed by atoms with Crippen LogP contribution in [0.3, 0.4) is 0 Å². The van der Waals surface area contributed by atoms with Gasteiger partial charge < -0.3 is 15.4 Å². The summed E-state index contributed by atoms with van der Waals surface area (Å²) in [5.41, 5.74) is 1.56. The van der Waals surface area contributed by atoms with E-state index in [1.165, 1.54) is 11.3 Å². The molecule has 3 atom stereocenters. The van der Waals surface area contributed by atoms with Crippen LogP contribution in [0.15, 0.2) is 47.2 Å². The van der Waals surface area contributed by atoms with Crippen molar-refractivity contribution in [2.45, 2.75) is 31.6 Å². The Kier molecular flexibility index (Phi) is 6.24. The fourth-order valence-electron chi connectivity index (χ4n) is 3.59. The molecule has 0 saturated heterocycles. The summed E-state index contributed by atoms with van der Waals surface area (Å²) in [6.07, 6.45) is 2.49. The quantitative estimate of drug-likeness (QED) is 0.514. The van der Waals surface area contributed by atoms with Crippen molar-refractivity contribution >= 4 is 30.1 Å². The zero-order valence-electron chi connectivity index (χ0n) is 14.4. The average Bonchev–Trinajstić information content (AvgIpc) is 3.32. The highest BCUT2D eigenvalue weighted by Crippen LogP contribution is 2.34. The van der Waals surface area contributed by atoms with E-state index in [0.29, 0.717) is 24.8 Å². The second-order valence-electron chi connectivity index (χ2n) is 6.74. The molecule has 3 rings (SSSR count). The maximum atomic E-state index is 12.8. The molecule has 1 aromatic carbocycles. The first kappa shape index (κ1) is 18.8. The van der Waals surface area contributed by atoms with Gasteiger partial charge in [-0.3, -0.25) is 9.59 Å². The number of benzene rings is 1. The van der Waals surface area contributed by atoms with E-state index >= 15 is 0 Å². The zero-order chi connectivity index (χ0) is 18.5. The third kappa shape index (κ3) is 4.41. The van der Waals surface area contributed by atoms with Crippen molar-refractivity contribution in [3.63, 3.8) is 0 Å². The molecule has 26 heavy (non-hydrogen) atoms. The summed E-state index contributed by atoms with van der Waals surface area (Å²) in [6, 6.07) is 10.9. The number of carbonyl (C=O) groups excluding carboxylic acids is 2. The SMILES string of the molecule is O=C(c1ccccc1)C1CCC[C@@H]1C(=O)N[C@@H](Cc1ccsc1)B(O)O. The highest BCUT2D eigenvalue weighted by Gasteiger charge is 2.39. The normalized spacial score (nSPS) is 20.5. The van der Waals surface area contributed by atoms with Gasteiger partial charge in [-0.1, -0.05) is 36.8 Å². The molecule has 5 nitrogen and oxygen atoms in total. The average molecular weight is 371 g/mol. The minimum atomic E-state index is -1.65. The molecule has 0 radical (unpaired) electrons. The summed E-state index contributed by atoms with van der Waals surface area (Å²) in [4.78, 5) is 25.5.